The number of aryl methyl sites for hydroxylation is 1. The minimum Gasteiger partial charge on any atom is -0.488 e. The van der Waals surface area contributed by atoms with Gasteiger partial charge in [-0.25, -0.2) is 19.3 Å². The predicted octanol–water partition coefficient (Wildman–Crippen LogP) is 3.88. The fourth-order valence-corrected chi connectivity index (χ4v) is 4.67. The molecule has 168 valence electrons. The molecule has 3 aromatic rings. The molecule has 0 amide bonds. The van der Waals surface area contributed by atoms with Crippen LogP contribution in [0.5, 0.6) is 5.75 Å². The summed E-state index contributed by atoms with van der Waals surface area (Å²) in [7, 11) is 0. The molecule has 3 heterocycles. The molecule has 1 aromatic carbocycles. The third kappa shape index (κ3) is 4.65. The van der Waals surface area contributed by atoms with E-state index in [4.69, 9.17) is 9.47 Å². The molecule has 1 saturated carbocycles. The van der Waals surface area contributed by atoms with Crippen LogP contribution in [0.3, 0.4) is 0 Å². The summed E-state index contributed by atoms with van der Waals surface area (Å²) in [6.07, 6.45) is 9.31. The van der Waals surface area contributed by atoms with Crippen LogP contribution >= 0.6 is 0 Å². The SMILES string of the molecule is Cc1ncc(F)c(CC2CCC(Oc3cc(N4CCOCC4)cc4nccnc34)CC2)n1. The summed E-state index contributed by atoms with van der Waals surface area (Å²) in [6, 6.07) is 4.17. The first-order valence-electron chi connectivity index (χ1n) is 11.4. The van der Waals surface area contributed by atoms with Crippen LogP contribution in [0.1, 0.15) is 37.2 Å². The maximum absolute atomic E-state index is 14.1. The third-order valence-electron chi connectivity index (χ3n) is 6.41. The highest BCUT2D eigenvalue weighted by Crippen LogP contribution is 2.34. The zero-order valence-electron chi connectivity index (χ0n) is 18.3. The molecule has 2 aliphatic rings. The van der Waals surface area contributed by atoms with Gasteiger partial charge < -0.3 is 14.4 Å². The number of ether oxygens (including phenoxy) is 2. The van der Waals surface area contributed by atoms with Crippen molar-refractivity contribution in [2.24, 2.45) is 5.92 Å². The van der Waals surface area contributed by atoms with Gasteiger partial charge in [-0.15, -0.1) is 0 Å². The largest absolute Gasteiger partial charge is 0.488 e. The van der Waals surface area contributed by atoms with Gasteiger partial charge in [0.05, 0.1) is 36.7 Å². The zero-order valence-corrected chi connectivity index (χ0v) is 18.3. The first kappa shape index (κ1) is 21.0. The maximum Gasteiger partial charge on any atom is 0.162 e. The van der Waals surface area contributed by atoms with Gasteiger partial charge in [-0.3, -0.25) is 4.98 Å². The topological polar surface area (TPSA) is 73.3 Å². The van der Waals surface area contributed by atoms with Crippen molar-refractivity contribution in [2.45, 2.75) is 45.1 Å². The lowest BCUT2D eigenvalue weighted by Crippen LogP contribution is -2.36. The number of halogens is 1. The molecule has 0 bridgehead atoms. The Labute approximate surface area is 187 Å². The van der Waals surface area contributed by atoms with E-state index in [0.29, 0.717) is 23.9 Å². The van der Waals surface area contributed by atoms with Crippen molar-refractivity contribution in [3.8, 4) is 5.75 Å². The average molecular weight is 438 g/mol. The van der Waals surface area contributed by atoms with Gasteiger partial charge in [-0.1, -0.05) is 0 Å². The standard InChI is InChI=1S/C24H28FN5O2/c1-16-28-15-20(25)21(29-16)12-17-2-4-19(5-3-17)32-23-14-18(30-8-10-31-11-9-30)13-22-24(23)27-7-6-26-22/h6-7,13-15,17,19H,2-5,8-12H2,1H3. The second-order valence-corrected chi connectivity index (χ2v) is 8.64. The van der Waals surface area contributed by atoms with E-state index in [1.54, 1.807) is 19.3 Å². The lowest BCUT2D eigenvalue weighted by molar-refractivity contribution is 0.122. The van der Waals surface area contributed by atoms with Crippen molar-refractivity contribution in [1.29, 1.82) is 0 Å². The number of hydrogen-bond acceptors (Lipinski definition) is 7. The van der Waals surface area contributed by atoms with E-state index in [2.05, 4.69) is 37.0 Å². The molecule has 0 unspecified atom stereocenters. The molecule has 1 aliphatic carbocycles. The quantitative estimate of drug-likeness (QED) is 0.600. The van der Waals surface area contributed by atoms with E-state index in [0.717, 1.165) is 74.5 Å². The molecular formula is C24H28FN5O2. The first-order valence-corrected chi connectivity index (χ1v) is 11.4. The number of fused-ring (bicyclic) bond motifs is 1. The van der Waals surface area contributed by atoms with Gasteiger partial charge in [0, 0.05) is 37.2 Å². The van der Waals surface area contributed by atoms with Crippen molar-refractivity contribution >= 4 is 16.7 Å². The van der Waals surface area contributed by atoms with Crippen molar-refractivity contribution < 1.29 is 13.9 Å². The van der Waals surface area contributed by atoms with Crippen LogP contribution in [0.15, 0.2) is 30.7 Å². The Morgan fingerprint density at radius 3 is 2.66 bits per heavy atom. The van der Waals surface area contributed by atoms with Crippen LogP contribution in [0.2, 0.25) is 0 Å². The summed E-state index contributed by atoms with van der Waals surface area (Å²) in [5.74, 6) is 1.51. The number of benzene rings is 1. The first-order chi connectivity index (χ1) is 15.7. The highest BCUT2D eigenvalue weighted by molar-refractivity contribution is 5.85. The minimum atomic E-state index is -0.307. The van der Waals surface area contributed by atoms with E-state index in [1.807, 2.05) is 0 Å². The highest BCUT2D eigenvalue weighted by Gasteiger charge is 2.25. The smallest absolute Gasteiger partial charge is 0.162 e. The Balaban J connectivity index is 1.28. The number of nitrogens with zero attached hydrogens (tertiary/aromatic N) is 5. The molecule has 0 radical (unpaired) electrons. The normalized spacial score (nSPS) is 21.6. The van der Waals surface area contributed by atoms with E-state index in [9.17, 15) is 4.39 Å². The number of anilines is 1. The van der Waals surface area contributed by atoms with Gasteiger partial charge >= 0.3 is 0 Å². The Morgan fingerprint density at radius 1 is 1.06 bits per heavy atom. The van der Waals surface area contributed by atoms with Gasteiger partial charge in [0.2, 0.25) is 0 Å². The Hall–Kier alpha value is -2.87. The van der Waals surface area contributed by atoms with Crippen molar-refractivity contribution in [1.82, 2.24) is 19.9 Å². The van der Waals surface area contributed by atoms with Crippen molar-refractivity contribution in [2.75, 3.05) is 31.2 Å². The van der Waals surface area contributed by atoms with Crippen LogP contribution in [0.25, 0.3) is 11.0 Å². The van der Waals surface area contributed by atoms with Crippen LogP contribution < -0.4 is 9.64 Å². The summed E-state index contributed by atoms with van der Waals surface area (Å²) in [5, 5.41) is 0. The van der Waals surface area contributed by atoms with Crippen molar-refractivity contribution in [3.05, 3.63) is 48.1 Å². The van der Waals surface area contributed by atoms with Gasteiger partial charge in [-0.05, 0) is 51.0 Å². The Kier molecular flexibility index (Phi) is 6.12. The number of rotatable bonds is 5. The summed E-state index contributed by atoms with van der Waals surface area (Å²) >= 11 is 0. The lowest BCUT2D eigenvalue weighted by atomic mass is 9.84. The van der Waals surface area contributed by atoms with E-state index in [-0.39, 0.29) is 11.9 Å². The molecule has 7 nitrogen and oxygen atoms in total. The molecule has 32 heavy (non-hydrogen) atoms. The van der Waals surface area contributed by atoms with Crippen LogP contribution in [-0.2, 0) is 11.2 Å². The molecule has 1 aliphatic heterocycles. The average Bonchev–Trinajstić information content (AvgIpc) is 2.83. The molecule has 2 fully saturated rings. The zero-order chi connectivity index (χ0) is 21.9. The van der Waals surface area contributed by atoms with Crippen LogP contribution in [0, 0.1) is 18.7 Å². The highest BCUT2D eigenvalue weighted by atomic mass is 19.1. The number of morpholine rings is 1. The molecule has 8 heteroatoms. The van der Waals surface area contributed by atoms with E-state index < -0.39 is 0 Å². The van der Waals surface area contributed by atoms with Gasteiger partial charge in [0.25, 0.3) is 0 Å². The summed E-state index contributed by atoms with van der Waals surface area (Å²) in [6.45, 7) is 4.97. The molecule has 0 atom stereocenters. The summed E-state index contributed by atoms with van der Waals surface area (Å²) in [4.78, 5) is 19.6. The second kappa shape index (κ2) is 9.32. The maximum atomic E-state index is 14.1. The van der Waals surface area contributed by atoms with E-state index in [1.165, 1.54) is 6.20 Å². The predicted molar refractivity (Wildman–Crippen MR) is 119 cm³/mol. The van der Waals surface area contributed by atoms with Crippen molar-refractivity contribution in [3.63, 3.8) is 0 Å². The third-order valence-corrected chi connectivity index (χ3v) is 6.41. The Morgan fingerprint density at radius 2 is 1.84 bits per heavy atom. The molecular weight excluding hydrogens is 409 g/mol. The molecule has 1 saturated heterocycles. The fourth-order valence-electron chi connectivity index (χ4n) is 4.67. The van der Waals surface area contributed by atoms with Gasteiger partial charge in [-0.2, -0.15) is 0 Å². The summed E-state index contributed by atoms with van der Waals surface area (Å²) in [5.41, 5.74) is 3.26. The molecule has 2 aromatic heterocycles. The Bertz CT molecular complexity index is 1080. The molecule has 0 spiro atoms. The van der Waals surface area contributed by atoms with Crippen LogP contribution in [0.4, 0.5) is 10.1 Å². The van der Waals surface area contributed by atoms with Gasteiger partial charge in [0.1, 0.15) is 17.1 Å². The summed E-state index contributed by atoms with van der Waals surface area (Å²) < 4.78 is 26.0. The second-order valence-electron chi connectivity index (χ2n) is 8.64. The molecule has 5 rings (SSSR count). The number of hydrogen-bond donors (Lipinski definition) is 0. The van der Waals surface area contributed by atoms with E-state index >= 15 is 0 Å². The number of aromatic nitrogens is 4. The lowest BCUT2D eigenvalue weighted by Gasteiger charge is -2.31. The van der Waals surface area contributed by atoms with Gasteiger partial charge in [0.15, 0.2) is 5.82 Å². The van der Waals surface area contributed by atoms with Crippen LogP contribution in [-0.4, -0.2) is 52.3 Å². The fraction of sp³-hybridized carbons (Fsp3) is 0.500. The monoisotopic (exact) mass is 437 g/mol. The molecule has 0 N–H and O–H groups in total. The minimum absolute atomic E-state index is 0.119.